The first kappa shape index (κ1) is 14.9. The van der Waals surface area contributed by atoms with Crippen molar-refractivity contribution in [2.75, 3.05) is 10.6 Å². The Morgan fingerprint density at radius 2 is 2.05 bits per heavy atom. The lowest BCUT2D eigenvalue weighted by molar-refractivity contribution is -0.117. The standard InChI is InChI=1S/C16H25N3O/c1-2-6-15(17)16(20)19-14-10-5-9-13(11-14)18-12-7-3-4-8-12/h5,9-12,15,18H,2-4,6-8,17H2,1H3,(H,19,20). The van der Waals surface area contributed by atoms with Crippen LogP contribution in [-0.2, 0) is 4.79 Å². The van der Waals surface area contributed by atoms with E-state index in [-0.39, 0.29) is 5.91 Å². The largest absolute Gasteiger partial charge is 0.382 e. The molecule has 4 N–H and O–H groups in total. The summed E-state index contributed by atoms with van der Waals surface area (Å²) in [6, 6.07) is 8.03. The Morgan fingerprint density at radius 3 is 2.75 bits per heavy atom. The van der Waals surface area contributed by atoms with Crippen LogP contribution >= 0.6 is 0 Å². The van der Waals surface area contributed by atoms with E-state index in [4.69, 9.17) is 5.73 Å². The molecule has 1 aliphatic carbocycles. The molecule has 4 nitrogen and oxygen atoms in total. The van der Waals surface area contributed by atoms with Gasteiger partial charge in [-0.15, -0.1) is 0 Å². The average Bonchev–Trinajstić information content (AvgIpc) is 2.92. The maximum absolute atomic E-state index is 11.9. The van der Waals surface area contributed by atoms with Gasteiger partial charge in [0.05, 0.1) is 6.04 Å². The minimum absolute atomic E-state index is 0.107. The topological polar surface area (TPSA) is 67.2 Å². The molecule has 0 radical (unpaired) electrons. The van der Waals surface area contributed by atoms with Crippen LogP contribution in [0.2, 0.25) is 0 Å². The number of nitrogens with two attached hydrogens (primary N) is 1. The van der Waals surface area contributed by atoms with Gasteiger partial charge in [-0.3, -0.25) is 4.79 Å². The van der Waals surface area contributed by atoms with Gasteiger partial charge in [0, 0.05) is 17.4 Å². The lowest BCUT2D eigenvalue weighted by atomic mass is 10.1. The molecule has 0 aromatic heterocycles. The number of carbonyl (C=O) groups excluding carboxylic acids is 1. The van der Waals surface area contributed by atoms with E-state index in [9.17, 15) is 4.79 Å². The summed E-state index contributed by atoms with van der Waals surface area (Å²) in [5, 5.41) is 6.41. The van der Waals surface area contributed by atoms with E-state index in [0.29, 0.717) is 12.5 Å². The van der Waals surface area contributed by atoms with Crippen molar-refractivity contribution in [3.05, 3.63) is 24.3 Å². The second-order valence-electron chi connectivity index (χ2n) is 5.59. The van der Waals surface area contributed by atoms with Crippen molar-refractivity contribution in [2.45, 2.75) is 57.5 Å². The van der Waals surface area contributed by atoms with Crippen molar-refractivity contribution in [1.82, 2.24) is 0 Å². The first-order valence-corrected chi connectivity index (χ1v) is 7.62. The van der Waals surface area contributed by atoms with Crippen molar-refractivity contribution in [3.8, 4) is 0 Å². The van der Waals surface area contributed by atoms with Crippen LogP contribution in [0, 0.1) is 0 Å². The number of nitrogens with one attached hydrogen (secondary N) is 2. The van der Waals surface area contributed by atoms with Crippen molar-refractivity contribution < 1.29 is 4.79 Å². The van der Waals surface area contributed by atoms with E-state index < -0.39 is 6.04 Å². The van der Waals surface area contributed by atoms with Crippen molar-refractivity contribution in [2.24, 2.45) is 5.73 Å². The summed E-state index contributed by atoms with van der Waals surface area (Å²) in [7, 11) is 0. The molecule has 1 unspecified atom stereocenters. The van der Waals surface area contributed by atoms with Crippen LogP contribution < -0.4 is 16.4 Å². The molecule has 0 bridgehead atoms. The number of hydrogen-bond acceptors (Lipinski definition) is 3. The van der Waals surface area contributed by atoms with Gasteiger partial charge in [-0.2, -0.15) is 0 Å². The molecule has 20 heavy (non-hydrogen) atoms. The van der Waals surface area contributed by atoms with Gasteiger partial charge in [0.2, 0.25) is 5.91 Å². The molecule has 0 aliphatic heterocycles. The van der Waals surface area contributed by atoms with Gasteiger partial charge in [-0.1, -0.05) is 32.3 Å². The summed E-state index contributed by atoms with van der Waals surface area (Å²) in [6.45, 7) is 2.03. The summed E-state index contributed by atoms with van der Waals surface area (Å²) < 4.78 is 0. The van der Waals surface area contributed by atoms with Crippen LogP contribution in [-0.4, -0.2) is 18.0 Å². The van der Waals surface area contributed by atoms with Crippen LogP contribution in [0.1, 0.15) is 45.4 Å². The van der Waals surface area contributed by atoms with E-state index in [1.165, 1.54) is 25.7 Å². The fraction of sp³-hybridized carbons (Fsp3) is 0.562. The predicted octanol–water partition coefficient (Wildman–Crippen LogP) is 3.11. The second kappa shape index (κ2) is 7.29. The Hall–Kier alpha value is -1.55. The Labute approximate surface area is 121 Å². The quantitative estimate of drug-likeness (QED) is 0.747. The first-order valence-electron chi connectivity index (χ1n) is 7.62. The molecule has 2 rings (SSSR count). The minimum atomic E-state index is -0.425. The lowest BCUT2D eigenvalue weighted by Gasteiger charge is -2.15. The number of anilines is 2. The SMILES string of the molecule is CCCC(N)C(=O)Nc1cccc(NC2CCCC2)c1. The molecule has 0 heterocycles. The fourth-order valence-corrected chi connectivity index (χ4v) is 2.67. The lowest BCUT2D eigenvalue weighted by Crippen LogP contribution is -2.35. The zero-order valence-electron chi connectivity index (χ0n) is 12.2. The highest BCUT2D eigenvalue weighted by molar-refractivity contribution is 5.95. The Kier molecular flexibility index (Phi) is 5.41. The Balaban J connectivity index is 1.93. The Morgan fingerprint density at radius 1 is 1.35 bits per heavy atom. The van der Waals surface area contributed by atoms with Gasteiger partial charge < -0.3 is 16.4 Å². The first-order chi connectivity index (χ1) is 9.69. The van der Waals surface area contributed by atoms with Gasteiger partial charge in [0.1, 0.15) is 0 Å². The van der Waals surface area contributed by atoms with E-state index >= 15 is 0 Å². The average molecular weight is 275 g/mol. The molecule has 1 aromatic carbocycles. The molecule has 1 saturated carbocycles. The normalized spacial score (nSPS) is 16.9. The monoisotopic (exact) mass is 275 g/mol. The van der Waals surface area contributed by atoms with Gasteiger partial charge in [0.15, 0.2) is 0 Å². The zero-order chi connectivity index (χ0) is 14.4. The van der Waals surface area contributed by atoms with Crippen molar-refractivity contribution in [3.63, 3.8) is 0 Å². The van der Waals surface area contributed by atoms with Gasteiger partial charge in [-0.25, -0.2) is 0 Å². The molecule has 1 amide bonds. The van der Waals surface area contributed by atoms with Gasteiger partial charge >= 0.3 is 0 Å². The summed E-state index contributed by atoms with van der Waals surface area (Å²) in [5.41, 5.74) is 7.70. The molecule has 1 atom stereocenters. The van der Waals surface area contributed by atoms with Crippen LogP contribution in [0.25, 0.3) is 0 Å². The molecule has 110 valence electrons. The van der Waals surface area contributed by atoms with E-state index in [1.54, 1.807) is 0 Å². The third-order valence-corrected chi connectivity index (χ3v) is 3.79. The van der Waals surface area contributed by atoms with E-state index in [0.717, 1.165) is 17.8 Å². The van der Waals surface area contributed by atoms with Gasteiger partial charge in [0.25, 0.3) is 0 Å². The van der Waals surface area contributed by atoms with E-state index in [1.807, 2.05) is 31.2 Å². The predicted molar refractivity (Wildman–Crippen MR) is 83.8 cm³/mol. The molecular formula is C16H25N3O. The zero-order valence-corrected chi connectivity index (χ0v) is 12.2. The number of amides is 1. The van der Waals surface area contributed by atoms with Crippen molar-refractivity contribution >= 4 is 17.3 Å². The van der Waals surface area contributed by atoms with Crippen molar-refractivity contribution in [1.29, 1.82) is 0 Å². The molecule has 4 heteroatoms. The summed E-state index contributed by atoms with van der Waals surface area (Å²) >= 11 is 0. The summed E-state index contributed by atoms with van der Waals surface area (Å²) in [6.07, 6.45) is 6.71. The summed E-state index contributed by atoms with van der Waals surface area (Å²) in [4.78, 5) is 11.9. The van der Waals surface area contributed by atoms with Gasteiger partial charge in [-0.05, 0) is 37.5 Å². The maximum Gasteiger partial charge on any atom is 0.241 e. The Bertz CT molecular complexity index is 441. The number of rotatable bonds is 6. The third kappa shape index (κ3) is 4.23. The molecule has 1 aromatic rings. The van der Waals surface area contributed by atoms with E-state index in [2.05, 4.69) is 10.6 Å². The summed E-state index contributed by atoms with van der Waals surface area (Å²) in [5.74, 6) is -0.107. The highest BCUT2D eigenvalue weighted by atomic mass is 16.2. The smallest absolute Gasteiger partial charge is 0.241 e. The third-order valence-electron chi connectivity index (χ3n) is 3.79. The second-order valence-corrected chi connectivity index (χ2v) is 5.59. The molecule has 1 aliphatic rings. The maximum atomic E-state index is 11.9. The van der Waals surface area contributed by atoms with Crippen LogP contribution in [0.5, 0.6) is 0 Å². The highest BCUT2D eigenvalue weighted by Gasteiger charge is 2.15. The molecular weight excluding hydrogens is 250 g/mol. The van der Waals surface area contributed by atoms with Crippen LogP contribution in [0.15, 0.2) is 24.3 Å². The molecule has 0 saturated heterocycles. The number of carbonyl (C=O) groups is 1. The highest BCUT2D eigenvalue weighted by Crippen LogP contribution is 2.23. The van der Waals surface area contributed by atoms with Crippen LogP contribution in [0.4, 0.5) is 11.4 Å². The minimum Gasteiger partial charge on any atom is -0.382 e. The molecule has 0 spiro atoms. The number of benzene rings is 1. The van der Waals surface area contributed by atoms with Crippen LogP contribution in [0.3, 0.4) is 0 Å². The number of hydrogen-bond donors (Lipinski definition) is 3. The fourth-order valence-electron chi connectivity index (χ4n) is 2.67. The molecule has 1 fully saturated rings.